The summed E-state index contributed by atoms with van der Waals surface area (Å²) < 4.78 is 21.6. The van der Waals surface area contributed by atoms with E-state index in [2.05, 4.69) is 6.58 Å². The van der Waals surface area contributed by atoms with E-state index in [-0.39, 0.29) is 0 Å². The van der Waals surface area contributed by atoms with Gasteiger partial charge in [-0.05, 0) is 25.7 Å². The molecule has 0 heterocycles. The molecule has 0 radical (unpaired) electrons. The Balaban J connectivity index is 2.46. The molecule has 0 bridgehead atoms. The summed E-state index contributed by atoms with van der Waals surface area (Å²) in [6.45, 7) is 3.53. The van der Waals surface area contributed by atoms with Crippen LogP contribution in [-0.2, 0) is 9.05 Å². The summed E-state index contributed by atoms with van der Waals surface area (Å²) in [6, 6.07) is 0. The summed E-state index contributed by atoms with van der Waals surface area (Å²) in [5.41, 5.74) is 0. The van der Waals surface area contributed by atoms with Crippen LogP contribution in [-0.4, -0.2) is 13.2 Å². The van der Waals surface area contributed by atoms with Crippen LogP contribution in [0.15, 0.2) is 24.8 Å². The molecule has 0 aromatic rings. The number of halogens is 1. The lowest BCUT2D eigenvalue weighted by Crippen LogP contribution is -2.16. The van der Waals surface area contributed by atoms with Gasteiger partial charge in [0.15, 0.2) is 0 Å². The number of allylic oxidation sites excluding steroid dienone is 3. The van der Waals surface area contributed by atoms with Gasteiger partial charge in [0.1, 0.15) is 0 Å². The van der Waals surface area contributed by atoms with Gasteiger partial charge in [0.05, 0.1) is 4.75 Å². The largest absolute Gasteiger partial charge is 0.238 e. The molecule has 0 amide bonds. The number of hydrogen-bond acceptors (Lipinski definition) is 2. The lowest BCUT2D eigenvalue weighted by atomic mass is 10.2. The maximum absolute atomic E-state index is 11.1. The van der Waals surface area contributed by atoms with Gasteiger partial charge in [-0.1, -0.05) is 24.8 Å². The molecule has 0 saturated heterocycles. The van der Waals surface area contributed by atoms with Crippen LogP contribution >= 0.6 is 10.7 Å². The number of hydrogen-bond donors (Lipinski definition) is 0. The standard InChI is InChI=1S/C9H13ClO2S/c1-2-3-4-5-6-9(7-8-9)13(10,11)12/h2-4H,1,5-8H2/b4-3+. The van der Waals surface area contributed by atoms with Gasteiger partial charge in [-0.25, -0.2) is 8.42 Å². The van der Waals surface area contributed by atoms with Crippen LogP contribution in [0.1, 0.15) is 25.7 Å². The molecule has 74 valence electrons. The average molecular weight is 221 g/mol. The van der Waals surface area contributed by atoms with Crippen molar-refractivity contribution in [1.29, 1.82) is 0 Å². The Kier molecular flexibility index (Phi) is 3.19. The highest BCUT2D eigenvalue weighted by atomic mass is 35.7. The van der Waals surface area contributed by atoms with Crippen molar-refractivity contribution in [2.45, 2.75) is 30.4 Å². The van der Waals surface area contributed by atoms with E-state index in [9.17, 15) is 8.42 Å². The van der Waals surface area contributed by atoms with Crippen LogP contribution in [0, 0.1) is 0 Å². The molecule has 0 aliphatic heterocycles. The minimum atomic E-state index is -3.37. The first-order chi connectivity index (χ1) is 6.02. The molecule has 1 saturated carbocycles. The molecule has 0 spiro atoms. The van der Waals surface area contributed by atoms with E-state index in [1.54, 1.807) is 6.08 Å². The highest BCUT2D eigenvalue weighted by molar-refractivity contribution is 8.15. The Morgan fingerprint density at radius 2 is 2.08 bits per heavy atom. The van der Waals surface area contributed by atoms with Gasteiger partial charge in [-0.2, -0.15) is 0 Å². The highest BCUT2D eigenvalue weighted by Gasteiger charge is 2.52. The lowest BCUT2D eigenvalue weighted by molar-refractivity contribution is 0.583. The van der Waals surface area contributed by atoms with Crippen molar-refractivity contribution in [3.63, 3.8) is 0 Å². The summed E-state index contributed by atoms with van der Waals surface area (Å²) >= 11 is 0. The quantitative estimate of drug-likeness (QED) is 0.527. The Bertz CT molecular complexity index is 313. The van der Waals surface area contributed by atoms with Crippen LogP contribution in [0.3, 0.4) is 0 Å². The first-order valence-corrected chi connectivity index (χ1v) is 6.54. The Morgan fingerprint density at radius 3 is 2.46 bits per heavy atom. The van der Waals surface area contributed by atoms with Crippen LogP contribution in [0.2, 0.25) is 0 Å². The third kappa shape index (κ3) is 2.58. The van der Waals surface area contributed by atoms with Gasteiger partial charge in [-0.15, -0.1) is 0 Å². The van der Waals surface area contributed by atoms with Crippen molar-refractivity contribution in [2.75, 3.05) is 0 Å². The summed E-state index contributed by atoms with van der Waals surface area (Å²) in [5.74, 6) is 0. The van der Waals surface area contributed by atoms with Crippen LogP contribution in [0.25, 0.3) is 0 Å². The molecule has 0 atom stereocenters. The first-order valence-electron chi connectivity index (χ1n) is 4.24. The Hall–Kier alpha value is -0.280. The summed E-state index contributed by atoms with van der Waals surface area (Å²) in [5, 5.41) is 0. The van der Waals surface area contributed by atoms with Gasteiger partial charge >= 0.3 is 0 Å². The zero-order chi connectivity index (χ0) is 9.95. The van der Waals surface area contributed by atoms with Crippen molar-refractivity contribution < 1.29 is 8.42 Å². The van der Waals surface area contributed by atoms with Crippen molar-refractivity contribution in [1.82, 2.24) is 0 Å². The zero-order valence-electron chi connectivity index (χ0n) is 7.37. The maximum atomic E-state index is 11.1. The lowest BCUT2D eigenvalue weighted by Gasteiger charge is -2.08. The SMILES string of the molecule is C=C/C=C/CCC1(S(=O)(=O)Cl)CC1. The van der Waals surface area contributed by atoms with E-state index >= 15 is 0 Å². The van der Waals surface area contributed by atoms with E-state index < -0.39 is 13.8 Å². The topological polar surface area (TPSA) is 34.1 Å². The van der Waals surface area contributed by atoms with Crippen LogP contribution < -0.4 is 0 Å². The Labute approximate surface area is 83.7 Å². The van der Waals surface area contributed by atoms with Gasteiger partial charge in [0.2, 0.25) is 9.05 Å². The minimum Gasteiger partial charge on any atom is -0.212 e. The summed E-state index contributed by atoms with van der Waals surface area (Å²) in [7, 11) is 1.96. The normalized spacial score (nSPS) is 20.4. The molecule has 0 N–H and O–H groups in total. The molecular weight excluding hydrogens is 208 g/mol. The predicted molar refractivity (Wildman–Crippen MR) is 55.3 cm³/mol. The van der Waals surface area contributed by atoms with Gasteiger partial charge in [-0.3, -0.25) is 0 Å². The van der Waals surface area contributed by atoms with E-state index in [1.165, 1.54) is 0 Å². The highest BCUT2D eigenvalue weighted by Crippen LogP contribution is 2.49. The molecule has 0 aromatic carbocycles. The Morgan fingerprint density at radius 1 is 1.46 bits per heavy atom. The first kappa shape index (κ1) is 10.8. The third-order valence-corrected chi connectivity index (χ3v) is 4.99. The van der Waals surface area contributed by atoms with E-state index in [1.807, 2.05) is 12.2 Å². The molecule has 4 heteroatoms. The average Bonchev–Trinajstić information content (AvgIpc) is 2.77. The van der Waals surface area contributed by atoms with E-state index in [0.717, 1.165) is 6.42 Å². The molecule has 1 fully saturated rings. The van der Waals surface area contributed by atoms with Crippen LogP contribution in [0.4, 0.5) is 0 Å². The molecule has 1 aliphatic rings. The second kappa shape index (κ2) is 3.84. The zero-order valence-corrected chi connectivity index (χ0v) is 8.94. The molecule has 0 unspecified atom stereocenters. The van der Waals surface area contributed by atoms with Crippen molar-refractivity contribution in [3.8, 4) is 0 Å². The fourth-order valence-electron chi connectivity index (χ4n) is 1.29. The van der Waals surface area contributed by atoms with Gasteiger partial charge in [0.25, 0.3) is 0 Å². The van der Waals surface area contributed by atoms with Gasteiger partial charge < -0.3 is 0 Å². The second-order valence-electron chi connectivity index (χ2n) is 3.32. The third-order valence-electron chi connectivity index (χ3n) is 2.36. The molecule has 1 rings (SSSR count). The van der Waals surface area contributed by atoms with Crippen molar-refractivity contribution in [3.05, 3.63) is 24.8 Å². The van der Waals surface area contributed by atoms with Crippen molar-refractivity contribution in [2.24, 2.45) is 0 Å². The van der Waals surface area contributed by atoms with Gasteiger partial charge in [0, 0.05) is 10.7 Å². The summed E-state index contributed by atoms with van der Waals surface area (Å²) in [4.78, 5) is 0. The minimum absolute atomic E-state index is 0.611. The molecule has 2 nitrogen and oxygen atoms in total. The summed E-state index contributed by atoms with van der Waals surface area (Å²) in [6.07, 6.45) is 8.20. The predicted octanol–water partition coefficient (Wildman–Crippen LogP) is 2.61. The van der Waals surface area contributed by atoms with E-state index in [4.69, 9.17) is 10.7 Å². The monoisotopic (exact) mass is 220 g/mol. The second-order valence-corrected chi connectivity index (χ2v) is 6.28. The maximum Gasteiger partial charge on any atom is 0.238 e. The fraction of sp³-hybridized carbons (Fsp3) is 0.556. The molecule has 13 heavy (non-hydrogen) atoms. The number of rotatable bonds is 5. The molecular formula is C9H13ClO2S. The fourth-order valence-corrected chi connectivity index (χ4v) is 2.94. The van der Waals surface area contributed by atoms with Crippen LogP contribution in [0.5, 0.6) is 0 Å². The van der Waals surface area contributed by atoms with E-state index in [0.29, 0.717) is 19.3 Å². The molecule has 0 aromatic heterocycles. The smallest absolute Gasteiger partial charge is 0.212 e. The van der Waals surface area contributed by atoms with Crippen molar-refractivity contribution >= 4 is 19.7 Å². The molecule has 1 aliphatic carbocycles.